The minimum atomic E-state index is -4.04. The Bertz CT molecular complexity index is 142. The lowest BCUT2D eigenvalue weighted by atomic mass is 9.92. The summed E-state index contributed by atoms with van der Waals surface area (Å²) in [5.74, 6) is 0. The summed E-state index contributed by atoms with van der Waals surface area (Å²) >= 11 is 5.65. The van der Waals surface area contributed by atoms with Crippen LogP contribution in [0.5, 0.6) is 0 Å². The molecule has 0 amide bonds. The van der Waals surface area contributed by atoms with E-state index in [1.807, 2.05) is 0 Å². The number of rotatable bonds is 3. The van der Waals surface area contributed by atoms with Gasteiger partial charge in [-0.05, 0) is 12.8 Å². The van der Waals surface area contributed by atoms with Crippen LogP contribution in [0.15, 0.2) is 0 Å². The number of hydrogen-bond acceptors (Lipinski definition) is 1. The molecule has 1 aliphatic carbocycles. The van der Waals surface area contributed by atoms with Crippen molar-refractivity contribution < 1.29 is 13.2 Å². The average molecular weight is 202 g/mol. The third-order valence-electron chi connectivity index (χ3n) is 1.92. The van der Waals surface area contributed by atoms with E-state index < -0.39 is 12.6 Å². The summed E-state index contributed by atoms with van der Waals surface area (Å²) in [6, 6.07) is 0.204. The SMILES string of the molecule is FC(F)(F)CCNC1CC(Cl)C1. The van der Waals surface area contributed by atoms with E-state index in [0.717, 1.165) is 12.8 Å². The molecule has 1 rings (SSSR count). The van der Waals surface area contributed by atoms with Crippen molar-refractivity contribution in [2.24, 2.45) is 0 Å². The third kappa shape index (κ3) is 3.63. The van der Waals surface area contributed by atoms with Crippen molar-refractivity contribution >= 4 is 11.6 Å². The van der Waals surface area contributed by atoms with Crippen LogP contribution in [0.1, 0.15) is 19.3 Å². The predicted octanol–water partition coefficient (Wildman–Crippen LogP) is 2.30. The van der Waals surface area contributed by atoms with Crippen LogP contribution < -0.4 is 5.32 Å². The van der Waals surface area contributed by atoms with Crippen molar-refractivity contribution in [2.45, 2.75) is 36.9 Å². The summed E-state index contributed by atoms with van der Waals surface area (Å²) in [6.07, 6.45) is -3.22. The lowest BCUT2D eigenvalue weighted by Gasteiger charge is -2.31. The maximum atomic E-state index is 11.6. The van der Waals surface area contributed by atoms with E-state index in [0.29, 0.717) is 0 Å². The van der Waals surface area contributed by atoms with Crippen LogP contribution in [0, 0.1) is 0 Å². The van der Waals surface area contributed by atoms with E-state index >= 15 is 0 Å². The van der Waals surface area contributed by atoms with Crippen LogP contribution in [0.3, 0.4) is 0 Å². The molecular weight excluding hydrogens is 191 g/mol. The van der Waals surface area contributed by atoms with E-state index in [9.17, 15) is 13.2 Å². The summed E-state index contributed by atoms with van der Waals surface area (Å²) in [5, 5.41) is 2.96. The van der Waals surface area contributed by atoms with Crippen LogP contribution in [0.4, 0.5) is 13.2 Å². The molecule has 0 aromatic carbocycles. The van der Waals surface area contributed by atoms with Gasteiger partial charge in [0.05, 0.1) is 6.42 Å². The standard InChI is InChI=1S/C7H11ClF3N/c8-5-3-6(4-5)12-2-1-7(9,10)11/h5-6,12H,1-4H2. The summed E-state index contributed by atoms with van der Waals surface area (Å²) in [6.45, 7) is 0.0117. The molecule has 0 unspecified atom stereocenters. The highest BCUT2D eigenvalue weighted by atomic mass is 35.5. The van der Waals surface area contributed by atoms with Gasteiger partial charge >= 0.3 is 6.18 Å². The molecule has 0 atom stereocenters. The second kappa shape index (κ2) is 3.83. The maximum absolute atomic E-state index is 11.6. The smallest absolute Gasteiger partial charge is 0.314 e. The van der Waals surface area contributed by atoms with Gasteiger partial charge in [-0.2, -0.15) is 13.2 Å². The molecule has 12 heavy (non-hydrogen) atoms. The molecule has 0 aliphatic heterocycles. The molecule has 0 aromatic heterocycles. The van der Waals surface area contributed by atoms with Crippen molar-refractivity contribution in [2.75, 3.05) is 6.54 Å². The van der Waals surface area contributed by atoms with Crippen molar-refractivity contribution in [1.82, 2.24) is 5.32 Å². The van der Waals surface area contributed by atoms with Crippen LogP contribution in [-0.2, 0) is 0 Å². The van der Waals surface area contributed by atoms with Gasteiger partial charge in [0.2, 0.25) is 0 Å². The Morgan fingerprint density at radius 3 is 2.33 bits per heavy atom. The van der Waals surface area contributed by atoms with Gasteiger partial charge in [-0.3, -0.25) is 0 Å². The molecule has 1 aliphatic rings. The zero-order valence-electron chi connectivity index (χ0n) is 6.49. The number of halogens is 4. The monoisotopic (exact) mass is 201 g/mol. The molecule has 72 valence electrons. The largest absolute Gasteiger partial charge is 0.390 e. The summed E-state index contributed by atoms with van der Waals surface area (Å²) < 4.78 is 34.9. The first-order valence-corrected chi connectivity index (χ1v) is 4.35. The number of hydrogen-bond donors (Lipinski definition) is 1. The average Bonchev–Trinajstić information content (AvgIpc) is 1.81. The van der Waals surface area contributed by atoms with Gasteiger partial charge < -0.3 is 5.32 Å². The van der Waals surface area contributed by atoms with Crippen molar-refractivity contribution in [3.05, 3.63) is 0 Å². The van der Waals surface area contributed by atoms with E-state index in [4.69, 9.17) is 11.6 Å². The molecule has 0 aromatic rings. The first kappa shape index (κ1) is 10.1. The highest BCUT2D eigenvalue weighted by Crippen LogP contribution is 2.26. The fourth-order valence-electron chi connectivity index (χ4n) is 1.13. The van der Waals surface area contributed by atoms with Gasteiger partial charge in [0.15, 0.2) is 0 Å². The van der Waals surface area contributed by atoms with E-state index in [-0.39, 0.29) is 18.0 Å². The molecule has 0 heterocycles. The van der Waals surface area contributed by atoms with Gasteiger partial charge in [-0.1, -0.05) is 0 Å². The van der Waals surface area contributed by atoms with Crippen LogP contribution in [-0.4, -0.2) is 24.1 Å². The molecule has 5 heteroatoms. The topological polar surface area (TPSA) is 12.0 Å². The Morgan fingerprint density at radius 2 is 1.92 bits per heavy atom. The van der Waals surface area contributed by atoms with Crippen LogP contribution >= 0.6 is 11.6 Å². The molecule has 0 radical (unpaired) electrons. The van der Waals surface area contributed by atoms with Crippen molar-refractivity contribution in [3.8, 4) is 0 Å². The Morgan fingerprint density at radius 1 is 1.33 bits per heavy atom. The highest BCUT2D eigenvalue weighted by Gasteiger charge is 2.30. The second-order valence-corrected chi connectivity index (χ2v) is 3.70. The lowest BCUT2D eigenvalue weighted by molar-refractivity contribution is -0.133. The summed E-state index contributed by atoms with van der Waals surface area (Å²) in [5.41, 5.74) is 0. The highest BCUT2D eigenvalue weighted by molar-refractivity contribution is 6.21. The first-order valence-electron chi connectivity index (χ1n) is 3.91. The van der Waals surface area contributed by atoms with Crippen LogP contribution in [0.2, 0.25) is 0 Å². The van der Waals surface area contributed by atoms with Gasteiger partial charge in [-0.25, -0.2) is 0 Å². The fraction of sp³-hybridized carbons (Fsp3) is 1.00. The number of alkyl halides is 4. The lowest BCUT2D eigenvalue weighted by Crippen LogP contribution is -2.43. The summed E-state index contributed by atoms with van der Waals surface area (Å²) in [4.78, 5) is 0. The Balaban J connectivity index is 1.97. The Kier molecular flexibility index (Phi) is 3.23. The van der Waals surface area contributed by atoms with E-state index in [1.54, 1.807) is 0 Å². The molecule has 1 nitrogen and oxygen atoms in total. The quantitative estimate of drug-likeness (QED) is 0.691. The molecule has 0 saturated heterocycles. The number of nitrogens with one attached hydrogen (secondary N) is 1. The maximum Gasteiger partial charge on any atom is 0.390 e. The van der Waals surface area contributed by atoms with Gasteiger partial charge in [-0.15, -0.1) is 11.6 Å². The van der Waals surface area contributed by atoms with Gasteiger partial charge in [0.25, 0.3) is 0 Å². The van der Waals surface area contributed by atoms with Gasteiger partial charge in [0, 0.05) is 18.0 Å². The zero-order chi connectivity index (χ0) is 9.19. The third-order valence-corrected chi connectivity index (χ3v) is 2.28. The Labute approximate surface area is 74.3 Å². The predicted molar refractivity (Wildman–Crippen MR) is 41.3 cm³/mol. The molecular formula is C7H11ClF3N. The van der Waals surface area contributed by atoms with E-state index in [1.165, 1.54) is 0 Å². The molecule has 1 N–H and O–H groups in total. The van der Waals surface area contributed by atoms with Gasteiger partial charge in [0.1, 0.15) is 0 Å². The van der Waals surface area contributed by atoms with Crippen LogP contribution in [0.25, 0.3) is 0 Å². The fourth-order valence-corrected chi connectivity index (χ4v) is 1.56. The van der Waals surface area contributed by atoms with Crippen molar-refractivity contribution in [3.63, 3.8) is 0 Å². The zero-order valence-corrected chi connectivity index (χ0v) is 7.25. The normalized spacial score (nSPS) is 30.0. The minimum Gasteiger partial charge on any atom is -0.314 e. The molecule has 1 fully saturated rings. The molecule has 1 saturated carbocycles. The van der Waals surface area contributed by atoms with Crippen molar-refractivity contribution in [1.29, 1.82) is 0 Å². The second-order valence-electron chi connectivity index (χ2n) is 3.08. The first-order chi connectivity index (χ1) is 5.47. The minimum absolute atomic E-state index is 0.0117. The summed E-state index contributed by atoms with van der Waals surface area (Å²) in [7, 11) is 0. The Hall–Kier alpha value is 0.0400. The molecule has 0 spiro atoms. The van der Waals surface area contributed by atoms with E-state index in [2.05, 4.69) is 5.32 Å². The molecule has 0 bridgehead atoms.